The minimum atomic E-state index is -0.477. The minimum Gasteiger partial charge on any atom is -0.390 e. The maximum Gasteiger partial charge on any atom is 0.270 e. The zero-order chi connectivity index (χ0) is 18.1. The Morgan fingerprint density at radius 1 is 1.23 bits per heavy atom. The highest BCUT2D eigenvalue weighted by Gasteiger charge is 2.59. The molecule has 0 aromatic carbocycles. The van der Waals surface area contributed by atoms with Gasteiger partial charge in [0.15, 0.2) is 0 Å². The lowest BCUT2D eigenvalue weighted by Gasteiger charge is -2.62. The number of aryl methyl sites for hydroxylation is 2. The van der Waals surface area contributed by atoms with Crippen LogP contribution in [-0.2, 0) is 19.9 Å². The quantitative estimate of drug-likeness (QED) is 0.874. The van der Waals surface area contributed by atoms with Crippen molar-refractivity contribution in [1.29, 1.82) is 0 Å². The van der Waals surface area contributed by atoms with Crippen LogP contribution in [-0.4, -0.2) is 32.4 Å². The van der Waals surface area contributed by atoms with Crippen LogP contribution in [0.25, 0.3) is 0 Å². The number of hydrogen-bond donors (Lipinski definition) is 2. The van der Waals surface area contributed by atoms with Gasteiger partial charge in [-0.05, 0) is 88.4 Å². The summed E-state index contributed by atoms with van der Waals surface area (Å²) in [4.78, 5) is 13.1. The molecule has 4 fully saturated rings. The van der Waals surface area contributed by atoms with Crippen molar-refractivity contribution in [2.75, 3.05) is 0 Å². The van der Waals surface area contributed by atoms with Crippen molar-refractivity contribution in [3.8, 4) is 0 Å². The summed E-state index contributed by atoms with van der Waals surface area (Å²) in [6, 6.07) is 0.0987. The van der Waals surface area contributed by atoms with Gasteiger partial charge in [0.25, 0.3) is 5.91 Å². The first-order valence-electron chi connectivity index (χ1n) is 10.5. The van der Waals surface area contributed by atoms with Gasteiger partial charge in [0.2, 0.25) is 0 Å². The van der Waals surface area contributed by atoms with Gasteiger partial charge in [-0.3, -0.25) is 9.48 Å². The fourth-order valence-electron chi connectivity index (χ4n) is 7.17. The van der Waals surface area contributed by atoms with E-state index in [1.807, 2.05) is 7.05 Å². The predicted octanol–water partition coefficient (Wildman–Crippen LogP) is 2.75. The number of nitrogens with zero attached hydrogens (tertiary/aromatic N) is 2. The van der Waals surface area contributed by atoms with Gasteiger partial charge < -0.3 is 10.4 Å². The van der Waals surface area contributed by atoms with E-state index in [2.05, 4.69) is 17.3 Å². The van der Waals surface area contributed by atoms with Gasteiger partial charge in [-0.25, -0.2) is 0 Å². The smallest absolute Gasteiger partial charge is 0.270 e. The molecule has 1 heterocycles. The second-order valence-corrected chi connectivity index (χ2v) is 9.85. The molecule has 0 radical (unpaired) electrons. The van der Waals surface area contributed by atoms with E-state index in [0.717, 1.165) is 68.3 Å². The summed E-state index contributed by atoms with van der Waals surface area (Å²) in [6.45, 7) is 2.16. The summed E-state index contributed by atoms with van der Waals surface area (Å²) in [6.07, 6.45) is 10.7. The molecule has 5 aliphatic carbocycles. The number of carbonyl (C=O) groups is 1. The van der Waals surface area contributed by atoms with E-state index in [4.69, 9.17) is 0 Å². The molecule has 5 heteroatoms. The lowest BCUT2D eigenvalue weighted by molar-refractivity contribution is -0.171. The summed E-state index contributed by atoms with van der Waals surface area (Å²) < 4.78 is 1.78. The van der Waals surface area contributed by atoms with Gasteiger partial charge in [0.05, 0.1) is 11.3 Å². The highest BCUT2D eigenvalue weighted by atomic mass is 16.3. The second kappa shape index (κ2) is 5.57. The van der Waals surface area contributed by atoms with Crippen molar-refractivity contribution in [1.82, 2.24) is 15.1 Å². The average molecular weight is 357 g/mol. The number of rotatable bonds is 3. The van der Waals surface area contributed by atoms with E-state index in [1.165, 1.54) is 12.8 Å². The van der Waals surface area contributed by atoms with Crippen LogP contribution in [0.1, 0.15) is 80.0 Å². The van der Waals surface area contributed by atoms with Crippen LogP contribution in [0.2, 0.25) is 0 Å². The number of nitrogens with one attached hydrogen (secondary N) is 1. The van der Waals surface area contributed by atoms with E-state index in [9.17, 15) is 9.90 Å². The van der Waals surface area contributed by atoms with Gasteiger partial charge in [-0.1, -0.05) is 0 Å². The molecule has 6 rings (SSSR count). The van der Waals surface area contributed by atoms with Gasteiger partial charge in [-0.15, -0.1) is 0 Å². The molecule has 1 aromatic rings. The van der Waals surface area contributed by atoms with Crippen molar-refractivity contribution in [3.05, 3.63) is 17.0 Å². The molecule has 26 heavy (non-hydrogen) atoms. The zero-order valence-corrected chi connectivity index (χ0v) is 16.1. The monoisotopic (exact) mass is 357 g/mol. The van der Waals surface area contributed by atoms with Crippen molar-refractivity contribution >= 4 is 5.91 Å². The molecular formula is C21H31N3O2. The van der Waals surface area contributed by atoms with Crippen LogP contribution in [0.15, 0.2) is 0 Å². The number of carbonyl (C=O) groups excluding carboxylic acids is 1. The average Bonchev–Trinajstić information content (AvgIpc) is 2.88. The molecule has 3 unspecified atom stereocenters. The Morgan fingerprint density at radius 3 is 2.62 bits per heavy atom. The Morgan fingerprint density at radius 2 is 1.92 bits per heavy atom. The fourth-order valence-corrected chi connectivity index (χ4v) is 7.17. The third-order valence-corrected chi connectivity index (χ3v) is 7.88. The highest BCUT2D eigenvalue weighted by Crippen LogP contribution is 2.62. The summed E-state index contributed by atoms with van der Waals surface area (Å²) in [5.41, 5.74) is 2.63. The topological polar surface area (TPSA) is 67.2 Å². The molecule has 0 spiro atoms. The number of aromatic nitrogens is 2. The first-order chi connectivity index (χ1) is 12.4. The molecule has 1 amide bonds. The molecule has 0 saturated heterocycles. The Labute approximate surface area is 155 Å². The summed E-state index contributed by atoms with van der Waals surface area (Å²) in [5, 5.41) is 18.9. The van der Waals surface area contributed by atoms with Crippen LogP contribution in [0.5, 0.6) is 0 Å². The lowest BCUT2D eigenvalue weighted by atomic mass is 9.46. The van der Waals surface area contributed by atoms with Gasteiger partial charge in [0, 0.05) is 18.7 Å². The SMILES string of the molecule is CC(NC(=O)c1c2c(nn1C)CCCC2)C12CC3CC(CC(O)(C3)C1)C2. The summed E-state index contributed by atoms with van der Waals surface area (Å²) in [7, 11) is 1.89. The second-order valence-electron chi connectivity index (χ2n) is 9.85. The minimum absolute atomic E-state index is 0.0263. The number of hydrogen-bond acceptors (Lipinski definition) is 3. The van der Waals surface area contributed by atoms with Crippen molar-refractivity contribution in [3.63, 3.8) is 0 Å². The van der Waals surface area contributed by atoms with Gasteiger partial charge in [-0.2, -0.15) is 5.10 Å². The number of aliphatic hydroxyl groups is 1. The summed E-state index contributed by atoms with van der Waals surface area (Å²) >= 11 is 0. The molecule has 5 aliphatic rings. The van der Waals surface area contributed by atoms with Crippen LogP contribution in [0, 0.1) is 17.3 Å². The molecule has 1 aromatic heterocycles. The third kappa shape index (κ3) is 2.46. The zero-order valence-electron chi connectivity index (χ0n) is 16.1. The van der Waals surface area contributed by atoms with Crippen LogP contribution >= 0.6 is 0 Å². The molecule has 142 valence electrons. The Hall–Kier alpha value is -1.36. The van der Waals surface area contributed by atoms with E-state index in [1.54, 1.807) is 4.68 Å². The third-order valence-electron chi connectivity index (χ3n) is 7.88. The molecule has 3 atom stereocenters. The fraction of sp³-hybridized carbons (Fsp3) is 0.810. The lowest BCUT2D eigenvalue weighted by Crippen LogP contribution is -2.61. The molecule has 4 saturated carbocycles. The maximum atomic E-state index is 13.1. The van der Waals surface area contributed by atoms with E-state index >= 15 is 0 Å². The molecule has 4 bridgehead atoms. The first-order valence-corrected chi connectivity index (χ1v) is 10.5. The van der Waals surface area contributed by atoms with Crippen molar-refractivity contribution < 1.29 is 9.90 Å². The normalized spacial score (nSPS) is 38.9. The Balaban J connectivity index is 1.39. The number of amides is 1. The van der Waals surface area contributed by atoms with Crippen molar-refractivity contribution in [2.45, 2.75) is 82.8 Å². The van der Waals surface area contributed by atoms with Crippen molar-refractivity contribution in [2.24, 2.45) is 24.3 Å². The van der Waals surface area contributed by atoms with Crippen LogP contribution < -0.4 is 5.32 Å². The van der Waals surface area contributed by atoms with E-state index < -0.39 is 5.60 Å². The molecule has 0 aliphatic heterocycles. The molecule has 2 N–H and O–H groups in total. The van der Waals surface area contributed by atoms with E-state index in [-0.39, 0.29) is 17.4 Å². The predicted molar refractivity (Wildman–Crippen MR) is 98.8 cm³/mol. The molecule has 5 nitrogen and oxygen atoms in total. The first kappa shape index (κ1) is 16.8. The molecular weight excluding hydrogens is 326 g/mol. The van der Waals surface area contributed by atoms with Gasteiger partial charge in [0.1, 0.15) is 5.69 Å². The Bertz CT molecular complexity index is 739. The van der Waals surface area contributed by atoms with Crippen LogP contribution in [0.4, 0.5) is 0 Å². The van der Waals surface area contributed by atoms with Crippen LogP contribution in [0.3, 0.4) is 0 Å². The standard InChI is InChI=1S/C21H31N3O2/c1-13(20-8-14-7-15(9-20)11-21(26,10-14)12-20)22-19(25)18-16-5-3-4-6-17(16)23-24(18)2/h13-15,26H,3-12H2,1-2H3,(H,22,25). The summed E-state index contributed by atoms with van der Waals surface area (Å²) in [5.74, 6) is 1.31. The maximum absolute atomic E-state index is 13.1. The number of fused-ring (bicyclic) bond motifs is 1. The van der Waals surface area contributed by atoms with Gasteiger partial charge >= 0.3 is 0 Å². The van der Waals surface area contributed by atoms with E-state index in [0.29, 0.717) is 11.8 Å². The highest BCUT2D eigenvalue weighted by molar-refractivity contribution is 5.94. The largest absolute Gasteiger partial charge is 0.390 e. The Kier molecular flexibility index (Phi) is 3.60.